The van der Waals surface area contributed by atoms with Gasteiger partial charge in [0.15, 0.2) is 0 Å². The highest BCUT2D eigenvalue weighted by atomic mass is 79.9. The van der Waals surface area contributed by atoms with E-state index in [2.05, 4.69) is 21.2 Å². The minimum atomic E-state index is -0.306. The summed E-state index contributed by atoms with van der Waals surface area (Å²) < 4.78 is 14.0. The number of carbonyl (C=O) groups is 1. The smallest absolute Gasteiger partial charge is 0.227 e. The molecule has 6 heteroatoms. The molecule has 0 aliphatic carbocycles. The Morgan fingerprint density at radius 3 is 2.70 bits per heavy atom. The predicted octanol–water partition coefficient (Wildman–Crippen LogP) is 2.76. The molecule has 1 aromatic rings. The summed E-state index contributed by atoms with van der Waals surface area (Å²) in [6.45, 7) is 1.55. The predicted molar refractivity (Wildman–Crippen MR) is 83.7 cm³/mol. The van der Waals surface area contributed by atoms with Crippen LogP contribution in [-0.2, 0) is 11.2 Å². The normalized spacial score (nSPS) is 15.8. The quantitative estimate of drug-likeness (QED) is 0.893. The Kier molecular flexibility index (Phi) is 6.92. The fourth-order valence-electron chi connectivity index (χ4n) is 2.37. The largest absolute Gasteiger partial charge is 0.342 e. The van der Waals surface area contributed by atoms with Crippen LogP contribution in [0.25, 0.3) is 0 Å². The number of nitrogens with zero attached hydrogens (tertiary/aromatic N) is 1. The van der Waals surface area contributed by atoms with Crippen molar-refractivity contribution in [2.45, 2.75) is 25.3 Å². The van der Waals surface area contributed by atoms with Gasteiger partial charge in [0.05, 0.1) is 6.42 Å². The molecule has 0 aromatic heterocycles. The fraction of sp³-hybridized carbons (Fsp3) is 0.500. The van der Waals surface area contributed by atoms with Crippen LogP contribution in [0.4, 0.5) is 4.39 Å². The number of carbonyl (C=O) groups excluding carboxylic acids is 1. The van der Waals surface area contributed by atoms with Crippen molar-refractivity contribution in [1.29, 1.82) is 0 Å². The van der Waals surface area contributed by atoms with E-state index in [0.29, 0.717) is 11.6 Å². The lowest BCUT2D eigenvalue weighted by molar-refractivity contribution is -0.131. The van der Waals surface area contributed by atoms with Crippen molar-refractivity contribution >= 4 is 34.2 Å². The van der Waals surface area contributed by atoms with E-state index in [9.17, 15) is 9.18 Å². The molecule has 112 valence electrons. The molecule has 1 aliphatic heterocycles. The van der Waals surface area contributed by atoms with Crippen LogP contribution in [-0.4, -0.2) is 37.0 Å². The van der Waals surface area contributed by atoms with Crippen LogP contribution < -0.4 is 5.32 Å². The van der Waals surface area contributed by atoms with Gasteiger partial charge in [-0.2, -0.15) is 0 Å². The molecular weight excluding hydrogens is 347 g/mol. The minimum absolute atomic E-state index is 0. The number of benzene rings is 1. The SMILES string of the molecule is CNC1CCN(C(=O)Cc2cc(F)ccc2Br)CC1.Cl. The summed E-state index contributed by atoms with van der Waals surface area (Å²) >= 11 is 3.36. The van der Waals surface area contributed by atoms with Crippen LogP contribution in [0.3, 0.4) is 0 Å². The molecule has 0 bridgehead atoms. The van der Waals surface area contributed by atoms with E-state index in [4.69, 9.17) is 0 Å². The Morgan fingerprint density at radius 1 is 1.45 bits per heavy atom. The average molecular weight is 366 g/mol. The second-order valence-electron chi connectivity index (χ2n) is 4.86. The Hall–Kier alpha value is -0.650. The molecule has 1 saturated heterocycles. The van der Waals surface area contributed by atoms with Crippen molar-refractivity contribution in [3.8, 4) is 0 Å². The first-order valence-electron chi connectivity index (χ1n) is 6.49. The molecular formula is C14H19BrClFN2O. The Morgan fingerprint density at radius 2 is 2.10 bits per heavy atom. The Balaban J connectivity index is 0.00000200. The monoisotopic (exact) mass is 364 g/mol. The third kappa shape index (κ3) is 4.43. The number of halogens is 3. The Labute approximate surface area is 133 Å². The molecule has 1 fully saturated rings. The van der Waals surface area contributed by atoms with E-state index in [1.807, 2.05) is 11.9 Å². The summed E-state index contributed by atoms with van der Waals surface area (Å²) in [4.78, 5) is 14.1. The van der Waals surface area contributed by atoms with Crippen molar-refractivity contribution in [1.82, 2.24) is 10.2 Å². The van der Waals surface area contributed by atoms with Crippen molar-refractivity contribution in [3.05, 3.63) is 34.1 Å². The molecule has 0 spiro atoms. The van der Waals surface area contributed by atoms with Gasteiger partial charge in [-0.15, -0.1) is 12.4 Å². The van der Waals surface area contributed by atoms with E-state index in [0.717, 1.165) is 30.4 Å². The van der Waals surface area contributed by atoms with Gasteiger partial charge in [-0.1, -0.05) is 15.9 Å². The van der Waals surface area contributed by atoms with Crippen LogP contribution in [0, 0.1) is 5.82 Å². The summed E-state index contributed by atoms with van der Waals surface area (Å²) in [6, 6.07) is 4.95. The number of rotatable bonds is 3. The van der Waals surface area contributed by atoms with Crippen molar-refractivity contribution in [2.75, 3.05) is 20.1 Å². The summed E-state index contributed by atoms with van der Waals surface area (Å²) in [6.07, 6.45) is 2.21. The lowest BCUT2D eigenvalue weighted by Crippen LogP contribution is -2.44. The molecule has 1 amide bonds. The van der Waals surface area contributed by atoms with Gasteiger partial charge in [0.1, 0.15) is 5.82 Å². The van der Waals surface area contributed by atoms with Gasteiger partial charge >= 0.3 is 0 Å². The second kappa shape index (κ2) is 7.96. The minimum Gasteiger partial charge on any atom is -0.342 e. The molecule has 1 N–H and O–H groups in total. The second-order valence-corrected chi connectivity index (χ2v) is 5.71. The van der Waals surface area contributed by atoms with Gasteiger partial charge in [-0.25, -0.2) is 4.39 Å². The molecule has 1 aliphatic rings. The van der Waals surface area contributed by atoms with Gasteiger partial charge in [0, 0.05) is 23.6 Å². The van der Waals surface area contributed by atoms with Crippen molar-refractivity contribution in [3.63, 3.8) is 0 Å². The van der Waals surface area contributed by atoms with Crippen LogP contribution >= 0.6 is 28.3 Å². The van der Waals surface area contributed by atoms with Gasteiger partial charge in [-0.3, -0.25) is 4.79 Å². The summed E-state index contributed by atoms with van der Waals surface area (Å²) in [5.74, 6) is -0.235. The topological polar surface area (TPSA) is 32.3 Å². The highest BCUT2D eigenvalue weighted by Crippen LogP contribution is 2.20. The summed E-state index contributed by atoms with van der Waals surface area (Å²) in [5.41, 5.74) is 0.709. The fourth-order valence-corrected chi connectivity index (χ4v) is 2.76. The van der Waals surface area contributed by atoms with Crippen LogP contribution in [0.1, 0.15) is 18.4 Å². The molecule has 3 nitrogen and oxygen atoms in total. The lowest BCUT2D eigenvalue weighted by Gasteiger charge is -2.32. The van der Waals surface area contributed by atoms with Gasteiger partial charge < -0.3 is 10.2 Å². The first kappa shape index (κ1) is 17.4. The highest BCUT2D eigenvalue weighted by molar-refractivity contribution is 9.10. The first-order chi connectivity index (χ1) is 9.10. The lowest BCUT2D eigenvalue weighted by atomic mass is 10.0. The number of hydrogen-bond acceptors (Lipinski definition) is 2. The van der Waals surface area contributed by atoms with Crippen LogP contribution in [0.15, 0.2) is 22.7 Å². The van der Waals surface area contributed by atoms with Gasteiger partial charge in [0.2, 0.25) is 5.91 Å². The van der Waals surface area contributed by atoms with Gasteiger partial charge in [0.25, 0.3) is 0 Å². The molecule has 20 heavy (non-hydrogen) atoms. The average Bonchev–Trinajstić information content (AvgIpc) is 2.43. The summed E-state index contributed by atoms with van der Waals surface area (Å²) in [7, 11) is 1.95. The zero-order chi connectivity index (χ0) is 13.8. The molecule has 1 aromatic carbocycles. The third-order valence-corrected chi connectivity index (χ3v) is 4.38. The number of amides is 1. The van der Waals surface area contributed by atoms with Crippen molar-refractivity contribution in [2.24, 2.45) is 0 Å². The molecule has 0 unspecified atom stereocenters. The molecule has 1 heterocycles. The number of hydrogen-bond donors (Lipinski definition) is 1. The van der Waals surface area contributed by atoms with E-state index in [1.54, 1.807) is 6.07 Å². The van der Waals surface area contributed by atoms with Crippen LogP contribution in [0.2, 0.25) is 0 Å². The van der Waals surface area contributed by atoms with Gasteiger partial charge in [-0.05, 0) is 43.7 Å². The molecule has 2 rings (SSSR count). The van der Waals surface area contributed by atoms with E-state index < -0.39 is 0 Å². The van der Waals surface area contributed by atoms with Crippen molar-refractivity contribution < 1.29 is 9.18 Å². The number of nitrogens with one attached hydrogen (secondary N) is 1. The molecule has 0 radical (unpaired) electrons. The highest BCUT2D eigenvalue weighted by Gasteiger charge is 2.22. The van der Waals surface area contributed by atoms with E-state index >= 15 is 0 Å². The number of likely N-dealkylation sites (tertiary alicyclic amines) is 1. The third-order valence-electron chi connectivity index (χ3n) is 3.61. The molecule has 0 atom stereocenters. The van der Waals surface area contributed by atoms with E-state index in [1.165, 1.54) is 12.1 Å². The van der Waals surface area contributed by atoms with E-state index in [-0.39, 0.29) is 30.6 Å². The first-order valence-corrected chi connectivity index (χ1v) is 7.28. The standard InChI is InChI=1S/C14H18BrFN2O.ClH/c1-17-12-4-6-18(7-5-12)14(19)9-10-8-11(16)2-3-13(10)15;/h2-3,8,12,17H,4-7,9H2,1H3;1H. The maximum absolute atomic E-state index is 13.2. The maximum Gasteiger partial charge on any atom is 0.227 e. The van der Waals surface area contributed by atoms with Crippen LogP contribution in [0.5, 0.6) is 0 Å². The summed E-state index contributed by atoms with van der Waals surface area (Å²) in [5, 5.41) is 3.23. The Bertz CT molecular complexity index is 464. The number of piperidine rings is 1. The zero-order valence-corrected chi connectivity index (χ0v) is 13.8. The zero-order valence-electron chi connectivity index (χ0n) is 11.4. The maximum atomic E-state index is 13.2. The molecule has 0 saturated carbocycles.